The Labute approximate surface area is 188 Å². The number of carbonyl (C=O) groups excluding carboxylic acids is 2. The Hall–Kier alpha value is -3.80. The number of anilines is 3. The lowest BCUT2D eigenvalue weighted by Gasteiger charge is -2.36. The molecule has 0 aromatic heterocycles. The molecule has 3 aromatic rings. The van der Waals surface area contributed by atoms with E-state index in [-0.39, 0.29) is 11.8 Å². The quantitative estimate of drug-likeness (QED) is 0.599. The summed E-state index contributed by atoms with van der Waals surface area (Å²) in [6, 6.07) is 27.4. The Morgan fingerprint density at radius 1 is 0.750 bits per heavy atom. The van der Waals surface area contributed by atoms with Crippen molar-refractivity contribution in [3.05, 3.63) is 90.5 Å². The van der Waals surface area contributed by atoms with Crippen molar-refractivity contribution in [2.24, 2.45) is 0 Å². The molecule has 1 saturated heterocycles. The average molecular weight is 429 g/mol. The number of hydrogen-bond donors (Lipinski definition) is 2. The average Bonchev–Trinajstić information content (AvgIpc) is 2.85. The minimum absolute atomic E-state index is 0.0775. The van der Waals surface area contributed by atoms with E-state index in [1.807, 2.05) is 71.6 Å². The molecule has 164 valence electrons. The highest BCUT2D eigenvalue weighted by atomic mass is 16.2. The second kappa shape index (κ2) is 10.5. The van der Waals surface area contributed by atoms with Gasteiger partial charge in [-0.3, -0.25) is 9.59 Å². The number of nitrogens with zero attached hydrogens (tertiary/aromatic N) is 2. The zero-order valence-electron chi connectivity index (χ0n) is 18.0. The predicted octanol–water partition coefficient (Wildman–Crippen LogP) is 3.90. The van der Waals surface area contributed by atoms with E-state index >= 15 is 0 Å². The molecule has 0 unspecified atom stereocenters. The molecule has 1 aliphatic rings. The van der Waals surface area contributed by atoms with E-state index in [2.05, 4.69) is 27.7 Å². The van der Waals surface area contributed by atoms with Crippen LogP contribution in [0.2, 0.25) is 0 Å². The number of nitrogens with one attached hydrogen (secondary N) is 2. The third-order valence-corrected chi connectivity index (χ3v) is 5.60. The lowest BCUT2D eigenvalue weighted by atomic mass is 10.1. The highest BCUT2D eigenvalue weighted by molar-refractivity contribution is 6.00. The van der Waals surface area contributed by atoms with Crippen LogP contribution in [0.25, 0.3) is 0 Å². The first-order chi connectivity index (χ1) is 15.7. The number of piperazine rings is 1. The van der Waals surface area contributed by atoms with Crippen LogP contribution in [0.4, 0.5) is 17.1 Å². The van der Waals surface area contributed by atoms with E-state index in [0.717, 1.165) is 24.5 Å². The number of rotatable bonds is 7. The van der Waals surface area contributed by atoms with Gasteiger partial charge in [-0.2, -0.15) is 0 Å². The van der Waals surface area contributed by atoms with Crippen molar-refractivity contribution in [1.29, 1.82) is 0 Å². The molecular weight excluding hydrogens is 400 g/mol. The lowest BCUT2D eigenvalue weighted by molar-refractivity contribution is -0.131. The highest BCUT2D eigenvalue weighted by Gasteiger charge is 2.21. The fraction of sp³-hybridized carbons (Fsp3) is 0.231. The summed E-state index contributed by atoms with van der Waals surface area (Å²) in [6.45, 7) is 3.36. The standard InChI is InChI=1S/C26H28N4O2/c31-25(30-19-17-29(18-20-30)22-11-5-2-6-12-22)15-16-27-26(32)23-13-7-8-14-24(23)28-21-9-3-1-4-10-21/h1-14,28H,15-20H2,(H,27,32). The van der Waals surface area contributed by atoms with Crippen LogP contribution < -0.4 is 15.5 Å². The van der Waals surface area contributed by atoms with Crippen molar-refractivity contribution < 1.29 is 9.59 Å². The summed E-state index contributed by atoms with van der Waals surface area (Å²) in [5.74, 6) is -0.112. The SMILES string of the molecule is O=C(NCCC(=O)N1CCN(c2ccccc2)CC1)c1ccccc1Nc1ccccc1. The number of carbonyl (C=O) groups is 2. The number of benzene rings is 3. The largest absolute Gasteiger partial charge is 0.368 e. The van der Waals surface area contributed by atoms with Crippen LogP contribution in [0.1, 0.15) is 16.8 Å². The summed E-state index contributed by atoms with van der Waals surface area (Å²) >= 11 is 0. The minimum atomic E-state index is -0.189. The molecule has 32 heavy (non-hydrogen) atoms. The molecule has 0 aliphatic carbocycles. The van der Waals surface area contributed by atoms with Crippen LogP contribution >= 0.6 is 0 Å². The van der Waals surface area contributed by atoms with Crippen molar-refractivity contribution in [2.45, 2.75) is 6.42 Å². The summed E-state index contributed by atoms with van der Waals surface area (Å²) < 4.78 is 0. The smallest absolute Gasteiger partial charge is 0.253 e. The van der Waals surface area contributed by atoms with Gasteiger partial charge in [0.2, 0.25) is 5.91 Å². The van der Waals surface area contributed by atoms with Gasteiger partial charge in [-0.15, -0.1) is 0 Å². The van der Waals surface area contributed by atoms with Gasteiger partial charge in [0.15, 0.2) is 0 Å². The second-order valence-corrected chi connectivity index (χ2v) is 7.75. The fourth-order valence-electron chi connectivity index (χ4n) is 3.86. The van der Waals surface area contributed by atoms with Gasteiger partial charge in [-0.25, -0.2) is 0 Å². The van der Waals surface area contributed by atoms with E-state index in [0.29, 0.717) is 31.6 Å². The molecule has 1 aliphatic heterocycles. The summed E-state index contributed by atoms with van der Waals surface area (Å²) in [7, 11) is 0. The Morgan fingerprint density at radius 2 is 1.38 bits per heavy atom. The molecular formula is C26H28N4O2. The Balaban J connectivity index is 1.25. The van der Waals surface area contributed by atoms with Gasteiger partial charge in [-0.1, -0.05) is 48.5 Å². The van der Waals surface area contributed by atoms with Crippen LogP contribution in [0, 0.1) is 0 Å². The molecule has 3 aromatic carbocycles. The molecule has 2 N–H and O–H groups in total. The number of para-hydroxylation sites is 3. The van der Waals surface area contributed by atoms with Gasteiger partial charge in [-0.05, 0) is 36.4 Å². The summed E-state index contributed by atoms with van der Waals surface area (Å²) in [4.78, 5) is 29.5. The van der Waals surface area contributed by atoms with Gasteiger partial charge in [0.05, 0.1) is 11.3 Å². The van der Waals surface area contributed by atoms with Gasteiger partial charge >= 0.3 is 0 Å². The van der Waals surface area contributed by atoms with Gasteiger partial charge in [0, 0.05) is 50.5 Å². The maximum absolute atomic E-state index is 12.7. The molecule has 4 rings (SSSR count). The van der Waals surface area contributed by atoms with E-state index in [9.17, 15) is 9.59 Å². The topological polar surface area (TPSA) is 64.7 Å². The molecule has 1 fully saturated rings. The number of hydrogen-bond acceptors (Lipinski definition) is 4. The molecule has 0 saturated carbocycles. The Kier molecular flexibility index (Phi) is 7.02. The maximum atomic E-state index is 12.7. The van der Waals surface area contributed by atoms with Crippen LogP contribution in [0.15, 0.2) is 84.9 Å². The van der Waals surface area contributed by atoms with E-state index < -0.39 is 0 Å². The molecule has 0 bridgehead atoms. The maximum Gasteiger partial charge on any atom is 0.253 e. The van der Waals surface area contributed by atoms with Crippen LogP contribution in [-0.2, 0) is 4.79 Å². The Morgan fingerprint density at radius 3 is 2.09 bits per heavy atom. The fourth-order valence-corrected chi connectivity index (χ4v) is 3.86. The first-order valence-corrected chi connectivity index (χ1v) is 11.0. The van der Waals surface area contributed by atoms with Crippen LogP contribution in [-0.4, -0.2) is 49.4 Å². The molecule has 1 heterocycles. The Bertz CT molecular complexity index is 1030. The molecule has 2 amide bonds. The normalized spacial score (nSPS) is 13.5. The molecule has 6 nitrogen and oxygen atoms in total. The van der Waals surface area contributed by atoms with E-state index in [1.54, 1.807) is 6.07 Å². The van der Waals surface area contributed by atoms with Crippen LogP contribution in [0.5, 0.6) is 0 Å². The minimum Gasteiger partial charge on any atom is -0.368 e. The summed E-state index contributed by atoms with van der Waals surface area (Å²) in [6.07, 6.45) is 0.297. The van der Waals surface area contributed by atoms with Crippen molar-refractivity contribution >= 4 is 28.9 Å². The van der Waals surface area contributed by atoms with Crippen LogP contribution in [0.3, 0.4) is 0 Å². The lowest BCUT2D eigenvalue weighted by Crippen LogP contribution is -2.49. The molecule has 0 atom stereocenters. The van der Waals surface area contributed by atoms with Crippen molar-refractivity contribution in [3.63, 3.8) is 0 Å². The molecule has 0 spiro atoms. The first kappa shape index (κ1) is 21.4. The third kappa shape index (κ3) is 5.46. The van der Waals surface area contributed by atoms with Gasteiger partial charge < -0.3 is 20.4 Å². The summed E-state index contributed by atoms with van der Waals surface area (Å²) in [5.41, 5.74) is 3.40. The van der Waals surface area contributed by atoms with Gasteiger partial charge in [0.25, 0.3) is 5.91 Å². The zero-order valence-corrected chi connectivity index (χ0v) is 18.0. The van der Waals surface area contributed by atoms with Crippen molar-refractivity contribution in [3.8, 4) is 0 Å². The molecule has 6 heteroatoms. The second-order valence-electron chi connectivity index (χ2n) is 7.75. The van der Waals surface area contributed by atoms with Crippen molar-refractivity contribution in [1.82, 2.24) is 10.2 Å². The van der Waals surface area contributed by atoms with Gasteiger partial charge in [0.1, 0.15) is 0 Å². The summed E-state index contributed by atoms with van der Waals surface area (Å²) in [5, 5.41) is 6.17. The van der Waals surface area contributed by atoms with E-state index in [4.69, 9.17) is 0 Å². The third-order valence-electron chi connectivity index (χ3n) is 5.60. The van der Waals surface area contributed by atoms with Crippen molar-refractivity contribution in [2.75, 3.05) is 42.9 Å². The first-order valence-electron chi connectivity index (χ1n) is 11.0. The van der Waals surface area contributed by atoms with E-state index in [1.165, 1.54) is 5.69 Å². The zero-order chi connectivity index (χ0) is 22.2. The highest BCUT2D eigenvalue weighted by Crippen LogP contribution is 2.20. The molecule has 0 radical (unpaired) electrons. The number of amides is 2. The predicted molar refractivity (Wildman–Crippen MR) is 128 cm³/mol. The monoisotopic (exact) mass is 428 g/mol.